The number of aryl methyl sites for hydroxylation is 2. The molecule has 2 aromatic heterocycles. The molecule has 9 nitrogen and oxygen atoms in total. The van der Waals surface area contributed by atoms with Crippen molar-refractivity contribution < 1.29 is 14.6 Å². The average molecular weight is 634 g/mol. The van der Waals surface area contributed by atoms with Crippen LogP contribution in [0.15, 0.2) is 16.9 Å². The maximum atomic E-state index is 14.3. The lowest BCUT2D eigenvalue weighted by Crippen LogP contribution is -2.55. The molecule has 0 aliphatic rings. The number of carbonyl (C=O) groups is 1. The Morgan fingerprint density at radius 2 is 1.76 bits per heavy atom. The van der Waals surface area contributed by atoms with Crippen LogP contribution in [-0.4, -0.2) is 46.9 Å². The number of thiazole rings is 1. The number of pyridine rings is 1. The second-order valence-electron chi connectivity index (χ2n) is 12.5. The van der Waals surface area contributed by atoms with Gasteiger partial charge in [0.25, 0.3) is 5.56 Å². The van der Waals surface area contributed by atoms with E-state index in [-0.39, 0.29) is 16.9 Å². The molecule has 0 atom stereocenters. The number of ether oxygens (including phenoxy) is 1. The zero-order valence-electron chi connectivity index (χ0n) is 28.5. The summed E-state index contributed by atoms with van der Waals surface area (Å²) < 4.78 is 6.89. The Morgan fingerprint density at radius 3 is 2.24 bits per heavy atom. The van der Waals surface area contributed by atoms with E-state index in [0.717, 1.165) is 61.6 Å². The fourth-order valence-corrected chi connectivity index (χ4v) is 6.43. The number of aromatic hydroxyl groups is 1. The van der Waals surface area contributed by atoms with Gasteiger partial charge in [-0.25, -0.2) is 9.99 Å². The van der Waals surface area contributed by atoms with Gasteiger partial charge in [0.2, 0.25) is 11.8 Å². The highest BCUT2D eigenvalue weighted by molar-refractivity contribution is 7.16. The number of nitriles is 1. The Hall–Kier alpha value is -4.10. The first kappa shape index (κ1) is 35.4. The third-order valence-corrected chi connectivity index (χ3v) is 8.52. The van der Waals surface area contributed by atoms with Crippen molar-refractivity contribution in [1.29, 1.82) is 5.26 Å². The predicted octanol–water partition coefficient (Wildman–Crippen LogP) is 5.35. The van der Waals surface area contributed by atoms with E-state index in [1.54, 1.807) is 26.8 Å². The zero-order chi connectivity index (χ0) is 33.8. The minimum Gasteiger partial charge on any atom is -0.492 e. The molecule has 0 aliphatic carbocycles. The topological polar surface area (TPSA) is 112 Å². The number of nitrogens with zero attached hydrogens (tertiary/aromatic N) is 5. The Labute approximate surface area is 270 Å². The number of hydrogen-bond acceptors (Lipinski definition) is 8. The molecule has 0 radical (unpaired) electrons. The molecular formula is C35H47N5O4S. The molecule has 0 aliphatic heterocycles. The highest BCUT2D eigenvalue weighted by Gasteiger charge is 2.29. The van der Waals surface area contributed by atoms with Crippen LogP contribution in [-0.2, 0) is 4.79 Å². The highest BCUT2D eigenvalue weighted by Crippen LogP contribution is 2.38. The lowest BCUT2D eigenvalue weighted by atomic mass is 9.95. The summed E-state index contributed by atoms with van der Waals surface area (Å²) >= 11 is 1.46. The lowest BCUT2D eigenvalue weighted by Gasteiger charge is -2.28. The Bertz CT molecular complexity index is 1760. The molecule has 1 amide bonds. The number of anilines is 1. The summed E-state index contributed by atoms with van der Waals surface area (Å²) in [5, 5.41) is 23.9. The van der Waals surface area contributed by atoms with Crippen LogP contribution in [0.25, 0.3) is 23.4 Å². The second kappa shape index (κ2) is 14.3. The molecule has 3 rings (SSSR count). The van der Waals surface area contributed by atoms with Crippen molar-refractivity contribution >= 4 is 34.5 Å². The van der Waals surface area contributed by atoms with Crippen LogP contribution in [0.1, 0.15) is 89.8 Å². The second-order valence-corrected chi connectivity index (χ2v) is 13.5. The van der Waals surface area contributed by atoms with E-state index in [2.05, 4.69) is 24.8 Å². The van der Waals surface area contributed by atoms with Crippen LogP contribution in [0.2, 0.25) is 0 Å². The van der Waals surface area contributed by atoms with Crippen molar-refractivity contribution in [1.82, 2.24) is 9.66 Å². The zero-order valence-corrected chi connectivity index (χ0v) is 29.3. The van der Waals surface area contributed by atoms with Crippen molar-refractivity contribution in [3.05, 3.63) is 54.5 Å². The van der Waals surface area contributed by atoms with Gasteiger partial charge in [0.15, 0.2) is 5.13 Å². The number of unbranched alkanes of at least 4 members (excludes halogenated alkanes) is 1. The molecule has 0 fully saturated rings. The molecule has 1 aromatic carbocycles. The highest BCUT2D eigenvalue weighted by atomic mass is 32.1. The molecule has 0 spiro atoms. The molecule has 2 heterocycles. The van der Waals surface area contributed by atoms with Gasteiger partial charge in [-0.05, 0) is 77.3 Å². The first-order chi connectivity index (χ1) is 21.1. The van der Waals surface area contributed by atoms with Crippen LogP contribution < -0.4 is 30.6 Å². The fourth-order valence-electron chi connectivity index (χ4n) is 5.29. The molecular weight excluding hydrogens is 586 g/mol. The average Bonchev–Trinajstić information content (AvgIpc) is 3.35. The maximum Gasteiger partial charge on any atom is 0.280 e. The van der Waals surface area contributed by atoms with Gasteiger partial charge in [-0.2, -0.15) is 9.94 Å². The van der Waals surface area contributed by atoms with E-state index in [4.69, 9.17) is 9.72 Å². The van der Waals surface area contributed by atoms with Gasteiger partial charge in [0.1, 0.15) is 17.4 Å². The monoisotopic (exact) mass is 633 g/mol. The van der Waals surface area contributed by atoms with Gasteiger partial charge in [0, 0.05) is 36.3 Å². The van der Waals surface area contributed by atoms with Crippen LogP contribution in [0, 0.1) is 30.6 Å². The summed E-state index contributed by atoms with van der Waals surface area (Å²) in [7, 11) is 1.43. The van der Waals surface area contributed by atoms with Gasteiger partial charge in [-0.1, -0.05) is 51.5 Å². The fraction of sp³-hybridized carbons (Fsp3) is 0.486. The molecule has 3 aromatic rings. The van der Waals surface area contributed by atoms with Crippen LogP contribution in [0.5, 0.6) is 11.6 Å². The van der Waals surface area contributed by atoms with E-state index < -0.39 is 22.8 Å². The van der Waals surface area contributed by atoms with Crippen molar-refractivity contribution in [2.75, 3.05) is 30.0 Å². The SMILES string of the molecule is CCC/C=c1\c(C#N)c(O)n(N(C)C(=O)C(C)(C)C)c(=O)\c1=C/c1sc(N(CC)CC)nc1-c1c(C)cc(OC(C)C)cc1C. The maximum absolute atomic E-state index is 14.3. The number of rotatable bonds is 10. The quantitative estimate of drug-likeness (QED) is 0.321. The van der Waals surface area contributed by atoms with Gasteiger partial charge in [-0.3, -0.25) is 9.59 Å². The number of aromatic nitrogens is 2. The van der Waals surface area contributed by atoms with E-state index in [9.17, 15) is 20.0 Å². The van der Waals surface area contributed by atoms with Gasteiger partial charge in [-0.15, -0.1) is 0 Å². The van der Waals surface area contributed by atoms with E-state index in [1.165, 1.54) is 18.4 Å². The molecule has 242 valence electrons. The van der Waals surface area contributed by atoms with E-state index in [1.807, 2.05) is 52.8 Å². The van der Waals surface area contributed by atoms with Gasteiger partial charge < -0.3 is 14.7 Å². The minimum absolute atomic E-state index is 0.0270. The molecule has 0 saturated carbocycles. The smallest absolute Gasteiger partial charge is 0.280 e. The molecule has 1 N–H and O–H groups in total. The van der Waals surface area contributed by atoms with E-state index >= 15 is 0 Å². The standard InChI is InChI=1S/C35H47N5O4S/c1-12-15-16-25-26(31(41)40(32(42)27(25)20-36)38(11)33(43)35(8,9)10)19-28-30(37-34(45-28)39(13-2)14-3)29-22(6)17-24(18-23(29)7)44-21(4)5/h16-19,21,42H,12-15H2,1-11H3/b25-16-,26-19-. The van der Waals surface area contributed by atoms with Crippen LogP contribution >= 0.6 is 11.3 Å². The first-order valence-corrected chi connectivity index (χ1v) is 16.3. The van der Waals surface area contributed by atoms with Crippen LogP contribution in [0.3, 0.4) is 0 Å². The molecule has 0 bridgehead atoms. The number of carbonyl (C=O) groups excluding carboxylic acids is 1. The molecule has 0 saturated heterocycles. The lowest BCUT2D eigenvalue weighted by molar-refractivity contribution is -0.127. The Morgan fingerprint density at radius 1 is 1.16 bits per heavy atom. The Kier molecular flexibility index (Phi) is 11.3. The van der Waals surface area contributed by atoms with Gasteiger partial charge >= 0.3 is 0 Å². The normalized spacial score (nSPS) is 12.5. The van der Waals surface area contributed by atoms with Gasteiger partial charge in [0.05, 0.1) is 21.9 Å². The molecule has 45 heavy (non-hydrogen) atoms. The molecule has 10 heteroatoms. The first-order valence-electron chi connectivity index (χ1n) is 15.5. The summed E-state index contributed by atoms with van der Waals surface area (Å²) in [5.74, 6) is -0.184. The van der Waals surface area contributed by atoms with Crippen molar-refractivity contribution in [3.8, 4) is 29.0 Å². The van der Waals surface area contributed by atoms with E-state index in [0.29, 0.717) is 17.3 Å². The number of hydrogen-bond donors (Lipinski definition) is 1. The third kappa shape index (κ3) is 7.42. The third-order valence-electron chi connectivity index (χ3n) is 7.46. The van der Waals surface area contributed by atoms with Crippen molar-refractivity contribution in [2.24, 2.45) is 5.41 Å². The predicted molar refractivity (Wildman–Crippen MR) is 184 cm³/mol. The minimum atomic E-state index is -0.839. The number of benzene rings is 1. The summed E-state index contributed by atoms with van der Waals surface area (Å²) in [4.78, 5) is 35.6. The molecule has 0 unspecified atom stereocenters. The van der Waals surface area contributed by atoms with Crippen molar-refractivity contribution in [3.63, 3.8) is 0 Å². The summed E-state index contributed by atoms with van der Waals surface area (Å²) in [6, 6.07) is 6.09. The number of amides is 1. The summed E-state index contributed by atoms with van der Waals surface area (Å²) in [6.07, 6.45) is 4.96. The summed E-state index contributed by atoms with van der Waals surface area (Å²) in [6.45, 7) is 20.9. The largest absolute Gasteiger partial charge is 0.492 e. The van der Waals surface area contributed by atoms with Crippen LogP contribution in [0.4, 0.5) is 5.13 Å². The van der Waals surface area contributed by atoms with Crippen molar-refractivity contribution in [2.45, 2.75) is 88.2 Å². The Balaban J connectivity index is 2.54. The summed E-state index contributed by atoms with van der Waals surface area (Å²) in [5.41, 5.74) is 2.09.